The number of aromatic nitrogens is 2. The molecule has 150 valence electrons. The predicted molar refractivity (Wildman–Crippen MR) is 117 cm³/mol. The molecule has 29 heavy (non-hydrogen) atoms. The first-order valence-electron chi connectivity index (χ1n) is 8.42. The van der Waals surface area contributed by atoms with Crippen LogP contribution in [0.25, 0.3) is 20.4 Å². The third-order valence-electron chi connectivity index (χ3n) is 4.14. The zero-order valence-electron chi connectivity index (χ0n) is 15.3. The van der Waals surface area contributed by atoms with Crippen molar-refractivity contribution in [3.63, 3.8) is 0 Å². The number of carbonyl (C=O) groups excluding carboxylic acids is 1. The highest BCUT2D eigenvalue weighted by Crippen LogP contribution is 2.29. The summed E-state index contributed by atoms with van der Waals surface area (Å²) in [6.07, 6.45) is 0. The van der Waals surface area contributed by atoms with E-state index in [4.69, 9.17) is 11.6 Å². The van der Waals surface area contributed by atoms with Crippen LogP contribution in [0.4, 0.5) is 5.13 Å². The minimum atomic E-state index is -3.82. The summed E-state index contributed by atoms with van der Waals surface area (Å²) in [5.41, 5.74) is 1.46. The maximum atomic E-state index is 12.9. The van der Waals surface area contributed by atoms with Crippen molar-refractivity contribution >= 4 is 75.8 Å². The van der Waals surface area contributed by atoms with Crippen molar-refractivity contribution in [3.05, 3.63) is 46.4 Å². The van der Waals surface area contributed by atoms with Crippen molar-refractivity contribution in [2.24, 2.45) is 0 Å². The van der Waals surface area contributed by atoms with Gasteiger partial charge in [-0.25, -0.2) is 18.4 Å². The lowest BCUT2D eigenvalue weighted by atomic mass is 10.3. The maximum Gasteiger partial charge on any atom is 0.243 e. The Morgan fingerprint density at radius 2 is 1.79 bits per heavy atom. The van der Waals surface area contributed by atoms with Gasteiger partial charge in [0.15, 0.2) is 5.13 Å². The van der Waals surface area contributed by atoms with Crippen LogP contribution in [0.5, 0.6) is 0 Å². The molecule has 2 aromatic carbocycles. The van der Waals surface area contributed by atoms with Crippen LogP contribution in [0.1, 0.15) is 5.01 Å². The Labute approximate surface area is 180 Å². The molecule has 0 saturated heterocycles. The summed E-state index contributed by atoms with van der Waals surface area (Å²) < 4.78 is 28.3. The first kappa shape index (κ1) is 20.2. The summed E-state index contributed by atoms with van der Waals surface area (Å²) in [5, 5.41) is 4.48. The predicted octanol–water partition coefficient (Wildman–Crippen LogP) is 4.13. The van der Waals surface area contributed by atoms with Gasteiger partial charge in [0.1, 0.15) is 0 Å². The Balaban J connectivity index is 1.50. The van der Waals surface area contributed by atoms with Gasteiger partial charge >= 0.3 is 0 Å². The molecule has 7 nitrogen and oxygen atoms in total. The van der Waals surface area contributed by atoms with E-state index in [-0.39, 0.29) is 11.4 Å². The molecular weight excluding hydrogens is 452 g/mol. The highest BCUT2D eigenvalue weighted by molar-refractivity contribution is 7.89. The van der Waals surface area contributed by atoms with E-state index >= 15 is 0 Å². The maximum absolute atomic E-state index is 12.9. The molecule has 4 aromatic rings. The van der Waals surface area contributed by atoms with Crippen LogP contribution in [0.2, 0.25) is 5.02 Å². The first-order valence-corrected chi connectivity index (χ1v) is 11.9. The number of thiazole rings is 2. The molecular formula is C18H15ClN4O3S3. The average molecular weight is 467 g/mol. The number of rotatable bonds is 5. The van der Waals surface area contributed by atoms with Gasteiger partial charge in [0.05, 0.1) is 36.9 Å². The SMILES string of the molecule is Cc1nc2ccc(S(=O)(=O)N(C)CC(=O)Nc3nc4ccc(Cl)cc4s3)cc2s1. The zero-order chi connectivity index (χ0) is 20.8. The smallest absolute Gasteiger partial charge is 0.243 e. The molecule has 4 rings (SSSR count). The van der Waals surface area contributed by atoms with E-state index in [1.165, 1.54) is 35.8 Å². The molecule has 0 aliphatic heterocycles. The number of nitrogens with one attached hydrogen (secondary N) is 1. The number of amides is 1. The number of halogens is 1. The molecule has 0 saturated carbocycles. The number of aryl methyl sites for hydroxylation is 1. The standard InChI is InChI=1S/C18H15ClN4O3S3/c1-10-20-13-6-4-12(8-16(13)27-10)29(25,26)23(2)9-17(24)22-18-21-14-5-3-11(19)7-15(14)28-18/h3-8H,9H2,1-2H3,(H,21,22,24). The van der Waals surface area contributed by atoms with Crippen molar-refractivity contribution in [1.29, 1.82) is 0 Å². The van der Waals surface area contributed by atoms with E-state index in [1.807, 2.05) is 6.92 Å². The number of sulfonamides is 1. The highest BCUT2D eigenvalue weighted by atomic mass is 35.5. The molecule has 0 unspecified atom stereocenters. The monoisotopic (exact) mass is 466 g/mol. The lowest BCUT2D eigenvalue weighted by molar-refractivity contribution is -0.116. The van der Waals surface area contributed by atoms with Gasteiger partial charge in [0, 0.05) is 12.1 Å². The second-order valence-electron chi connectivity index (χ2n) is 6.30. The van der Waals surface area contributed by atoms with Crippen LogP contribution in [0, 0.1) is 6.92 Å². The fourth-order valence-corrected chi connectivity index (χ4v) is 6.01. The Morgan fingerprint density at radius 3 is 2.59 bits per heavy atom. The lowest BCUT2D eigenvalue weighted by Crippen LogP contribution is -2.34. The van der Waals surface area contributed by atoms with E-state index in [1.54, 1.807) is 30.3 Å². The minimum Gasteiger partial charge on any atom is -0.301 e. The van der Waals surface area contributed by atoms with Crippen molar-refractivity contribution in [3.8, 4) is 0 Å². The van der Waals surface area contributed by atoms with Crippen molar-refractivity contribution in [1.82, 2.24) is 14.3 Å². The lowest BCUT2D eigenvalue weighted by Gasteiger charge is -2.16. The van der Waals surface area contributed by atoms with Crippen LogP contribution in [0.15, 0.2) is 41.3 Å². The normalized spacial score (nSPS) is 12.1. The number of hydrogen-bond acceptors (Lipinski definition) is 7. The highest BCUT2D eigenvalue weighted by Gasteiger charge is 2.24. The van der Waals surface area contributed by atoms with Gasteiger partial charge in [0.2, 0.25) is 15.9 Å². The number of fused-ring (bicyclic) bond motifs is 2. The molecule has 1 N–H and O–H groups in total. The summed E-state index contributed by atoms with van der Waals surface area (Å²) >= 11 is 8.66. The molecule has 11 heteroatoms. The van der Waals surface area contributed by atoms with Crippen LogP contribution in [-0.2, 0) is 14.8 Å². The minimum absolute atomic E-state index is 0.124. The second kappa shape index (κ2) is 7.62. The number of benzene rings is 2. The summed E-state index contributed by atoms with van der Waals surface area (Å²) in [7, 11) is -2.45. The second-order valence-corrected chi connectivity index (χ2v) is 11.0. The Morgan fingerprint density at radius 1 is 1.10 bits per heavy atom. The molecule has 0 bridgehead atoms. The topological polar surface area (TPSA) is 92.3 Å². The molecule has 0 aliphatic carbocycles. The van der Waals surface area contributed by atoms with Crippen LogP contribution < -0.4 is 5.32 Å². The van der Waals surface area contributed by atoms with Gasteiger partial charge in [-0.05, 0) is 43.3 Å². The van der Waals surface area contributed by atoms with E-state index in [2.05, 4.69) is 15.3 Å². The number of anilines is 1. The molecule has 0 radical (unpaired) electrons. The van der Waals surface area contributed by atoms with E-state index in [0.29, 0.717) is 15.7 Å². The largest absolute Gasteiger partial charge is 0.301 e. The number of hydrogen-bond donors (Lipinski definition) is 1. The molecule has 0 fully saturated rings. The van der Waals surface area contributed by atoms with Crippen LogP contribution >= 0.6 is 34.3 Å². The third-order valence-corrected chi connectivity index (χ3v) is 8.04. The third kappa shape index (κ3) is 4.12. The van der Waals surface area contributed by atoms with Gasteiger partial charge in [0.25, 0.3) is 0 Å². The van der Waals surface area contributed by atoms with E-state index in [9.17, 15) is 13.2 Å². The van der Waals surface area contributed by atoms with Crippen LogP contribution in [0.3, 0.4) is 0 Å². The number of likely N-dealkylation sites (N-methyl/N-ethyl adjacent to an activating group) is 1. The summed E-state index contributed by atoms with van der Waals surface area (Å²) in [6.45, 7) is 1.53. The zero-order valence-corrected chi connectivity index (χ0v) is 18.5. The van der Waals surface area contributed by atoms with Crippen molar-refractivity contribution in [2.45, 2.75) is 11.8 Å². The summed E-state index contributed by atoms with van der Waals surface area (Å²) in [4.78, 5) is 21.1. The van der Waals surface area contributed by atoms with Gasteiger partial charge < -0.3 is 5.32 Å². The molecule has 1 amide bonds. The van der Waals surface area contributed by atoms with Crippen LogP contribution in [-0.4, -0.2) is 42.2 Å². The number of carbonyl (C=O) groups is 1. The Kier molecular flexibility index (Phi) is 5.30. The molecule has 2 heterocycles. The quantitative estimate of drug-likeness (QED) is 0.477. The Hall–Kier alpha value is -2.11. The van der Waals surface area contributed by atoms with Crippen molar-refractivity contribution in [2.75, 3.05) is 18.9 Å². The first-order chi connectivity index (χ1) is 13.7. The molecule has 2 aromatic heterocycles. The summed E-state index contributed by atoms with van der Waals surface area (Å²) in [5.74, 6) is -0.476. The van der Waals surface area contributed by atoms with Gasteiger partial charge in [-0.1, -0.05) is 22.9 Å². The molecule has 0 aliphatic rings. The van der Waals surface area contributed by atoms with Crippen molar-refractivity contribution < 1.29 is 13.2 Å². The van der Waals surface area contributed by atoms with Gasteiger partial charge in [-0.3, -0.25) is 4.79 Å². The Bertz CT molecular complexity index is 1350. The van der Waals surface area contributed by atoms with Gasteiger partial charge in [-0.15, -0.1) is 11.3 Å². The number of nitrogens with zero attached hydrogens (tertiary/aromatic N) is 3. The van der Waals surface area contributed by atoms with E-state index in [0.717, 1.165) is 24.2 Å². The molecule has 0 spiro atoms. The van der Waals surface area contributed by atoms with Gasteiger partial charge in [-0.2, -0.15) is 4.31 Å². The fraction of sp³-hybridized carbons (Fsp3) is 0.167. The van der Waals surface area contributed by atoms with E-state index < -0.39 is 15.9 Å². The summed E-state index contributed by atoms with van der Waals surface area (Å²) in [6, 6.07) is 10.0. The fourth-order valence-electron chi connectivity index (χ4n) is 2.76. The molecule has 0 atom stereocenters. The average Bonchev–Trinajstić information content (AvgIpc) is 3.21.